The molecule has 0 fully saturated rings. The predicted octanol–water partition coefficient (Wildman–Crippen LogP) is 2.39. The smallest absolute Gasteiger partial charge is 0.255 e. The second-order valence-corrected chi connectivity index (χ2v) is 5.83. The van der Waals surface area contributed by atoms with E-state index in [1.165, 1.54) is 24.1 Å². The summed E-state index contributed by atoms with van der Waals surface area (Å²) in [5.74, 6) is 0.926. The highest BCUT2D eigenvalue weighted by Crippen LogP contribution is 2.36. The van der Waals surface area contributed by atoms with Crippen LogP contribution < -0.4 is 15.2 Å². The second kappa shape index (κ2) is 7.94. The number of carbonyl (C=O) groups is 2. The van der Waals surface area contributed by atoms with Gasteiger partial charge in [-0.3, -0.25) is 9.59 Å². The number of amides is 2. The molecule has 0 bridgehead atoms. The number of hydrogen-bond acceptors (Lipinski definition) is 5. The molecule has 2 N–H and O–H groups in total. The number of ether oxygens (including phenoxy) is 2. The third-order valence-corrected chi connectivity index (χ3v) is 3.65. The Hall–Kier alpha value is -2.67. The minimum atomic E-state index is -0.647. The van der Waals surface area contributed by atoms with Crippen molar-refractivity contribution in [3.05, 3.63) is 46.4 Å². The van der Waals surface area contributed by atoms with E-state index in [1.54, 1.807) is 7.05 Å². The molecule has 0 radical (unpaired) electrons. The average molecular weight is 367 g/mol. The molecule has 8 heteroatoms. The Morgan fingerprint density at radius 3 is 2.60 bits per heavy atom. The van der Waals surface area contributed by atoms with Crippen LogP contribution in [0.25, 0.3) is 0 Å². The number of furan rings is 1. The van der Waals surface area contributed by atoms with Crippen LogP contribution in [0.5, 0.6) is 11.5 Å². The Morgan fingerprint density at radius 1 is 1.32 bits per heavy atom. The molecule has 2 amide bonds. The molecule has 2 rings (SSSR count). The van der Waals surface area contributed by atoms with Crippen LogP contribution in [0.1, 0.15) is 21.9 Å². The molecular formula is C17H19ClN2O5. The van der Waals surface area contributed by atoms with Crippen molar-refractivity contribution >= 4 is 23.4 Å². The van der Waals surface area contributed by atoms with E-state index >= 15 is 0 Å². The highest BCUT2D eigenvalue weighted by atomic mass is 35.5. The molecule has 1 heterocycles. The topological polar surface area (TPSA) is 95.0 Å². The molecule has 2 aromatic rings. The van der Waals surface area contributed by atoms with Crippen molar-refractivity contribution in [1.29, 1.82) is 0 Å². The lowest BCUT2D eigenvalue weighted by Gasteiger charge is -2.18. The first kappa shape index (κ1) is 18.7. The fourth-order valence-electron chi connectivity index (χ4n) is 2.22. The standard InChI is InChI=1S/C17H19ClN2O5/c1-10-4-5-12(25-10)8-20(2)17(22)11-6-13(18)16(14(7-11)23-3)24-9-15(19)21/h4-7H,8-9H2,1-3H3,(H2,19,21). The fourth-order valence-corrected chi connectivity index (χ4v) is 2.49. The SMILES string of the molecule is COc1cc(C(=O)N(C)Cc2ccc(C)o2)cc(Cl)c1OCC(N)=O. The van der Waals surface area contributed by atoms with Gasteiger partial charge in [0.25, 0.3) is 11.8 Å². The maximum atomic E-state index is 12.6. The summed E-state index contributed by atoms with van der Waals surface area (Å²) in [6.45, 7) is 1.80. The van der Waals surface area contributed by atoms with Crippen molar-refractivity contribution in [2.45, 2.75) is 13.5 Å². The van der Waals surface area contributed by atoms with Crippen LogP contribution in [0.15, 0.2) is 28.7 Å². The zero-order valence-corrected chi connectivity index (χ0v) is 14.9. The predicted molar refractivity (Wildman–Crippen MR) is 91.9 cm³/mol. The Morgan fingerprint density at radius 2 is 2.04 bits per heavy atom. The summed E-state index contributed by atoms with van der Waals surface area (Å²) in [4.78, 5) is 25.0. The number of rotatable bonds is 7. The molecule has 0 aliphatic carbocycles. The first-order valence-corrected chi connectivity index (χ1v) is 7.79. The largest absolute Gasteiger partial charge is 0.493 e. The molecule has 134 valence electrons. The minimum absolute atomic E-state index is 0.145. The van der Waals surface area contributed by atoms with Crippen LogP contribution in [-0.4, -0.2) is 37.5 Å². The van der Waals surface area contributed by atoms with E-state index in [1.807, 2.05) is 19.1 Å². The van der Waals surface area contributed by atoms with Gasteiger partial charge in [0.15, 0.2) is 18.1 Å². The van der Waals surface area contributed by atoms with Crippen LogP contribution in [-0.2, 0) is 11.3 Å². The molecule has 1 aromatic heterocycles. The van der Waals surface area contributed by atoms with E-state index in [4.69, 9.17) is 31.2 Å². The third-order valence-electron chi connectivity index (χ3n) is 3.37. The molecule has 0 atom stereocenters. The van der Waals surface area contributed by atoms with Gasteiger partial charge >= 0.3 is 0 Å². The number of nitrogens with zero attached hydrogens (tertiary/aromatic N) is 1. The average Bonchev–Trinajstić information content (AvgIpc) is 2.96. The van der Waals surface area contributed by atoms with Crippen LogP contribution in [0, 0.1) is 6.92 Å². The zero-order valence-electron chi connectivity index (χ0n) is 14.2. The Balaban J connectivity index is 2.21. The van der Waals surface area contributed by atoms with Crippen molar-refractivity contribution in [1.82, 2.24) is 4.90 Å². The maximum absolute atomic E-state index is 12.6. The lowest BCUT2D eigenvalue weighted by Crippen LogP contribution is -2.26. The summed E-state index contributed by atoms with van der Waals surface area (Å²) in [7, 11) is 3.06. The number of halogens is 1. The highest BCUT2D eigenvalue weighted by Gasteiger charge is 2.19. The summed E-state index contributed by atoms with van der Waals surface area (Å²) in [6.07, 6.45) is 0. The van der Waals surface area contributed by atoms with Gasteiger partial charge in [0.05, 0.1) is 18.7 Å². The van der Waals surface area contributed by atoms with Gasteiger partial charge in [-0.2, -0.15) is 0 Å². The van der Waals surface area contributed by atoms with Gasteiger partial charge in [0.2, 0.25) is 0 Å². The molecular weight excluding hydrogens is 348 g/mol. The molecule has 25 heavy (non-hydrogen) atoms. The van der Waals surface area contributed by atoms with E-state index in [9.17, 15) is 9.59 Å². The number of benzene rings is 1. The summed E-state index contributed by atoms with van der Waals surface area (Å²) >= 11 is 6.16. The molecule has 0 aliphatic heterocycles. The summed E-state index contributed by atoms with van der Waals surface area (Å²) in [5, 5.41) is 0.145. The van der Waals surface area contributed by atoms with E-state index in [0.717, 1.165) is 5.76 Å². The normalized spacial score (nSPS) is 10.4. The first-order valence-electron chi connectivity index (χ1n) is 7.41. The Kier molecular flexibility index (Phi) is 5.93. The third kappa shape index (κ3) is 4.67. The number of nitrogens with two attached hydrogens (primary N) is 1. The first-order chi connectivity index (χ1) is 11.8. The summed E-state index contributed by atoms with van der Waals surface area (Å²) in [5.41, 5.74) is 5.38. The summed E-state index contributed by atoms with van der Waals surface area (Å²) < 4.78 is 15.9. The van der Waals surface area contributed by atoms with Gasteiger partial charge in [-0.1, -0.05) is 11.6 Å². The van der Waals surface area contributed by atoms with Gasteiger partial charge in [-0.15, -0.1) is 0 Å². The van der Waals surface area contributed by atoms with Crippen LogP contribution in [0.2, 0.25) is 5.02 Å². The molecule has 0 spiro atoms. The van der Waals surface area contributed by atoms with Gasteiger partial charge in [-0.05, 0) is 31.2 Å². The molecule has 7 nitrogen and oxygen atoms in total. The van der Waals surface area contributed by atoms with Gasteiger partial charge < -0.3 is 24.5 Å². The molecule has 0 saturated carbocycles. The maximum Gasteiger partial charge on any atom is 0.255 e. The van der Waals surface area contributed by atoms with Crippen molar-refractivity contribution in [2.75, 3.05) is 20.8 Å². The van der Waals surface area contributed by atoms with E-state index in [2.05, 4.69) is 0 Å². The monoisotopic (exact) mass is 366 g/mol. The molecule has 0 unspecified atom stereocenters. The van der Waals surface area contributed by atoms with Crippen LogP contribution in [0.4, 0.5) is 0 Å². The number of primary amides is 1. The fraction of sp³-hybridized carbons (Fsp3) is 0.294. The Labute approximate surface area is 150 Å². The zero-order chi connectivity index (χ0) is 18.6. The number of hydrogen-bond donors (Lipinski definition) is 1. The lowest BCUT2D eigenvalue weighted by molar-refractivity contribution is -0.119. The molecule has 0 aliphatic rings. The van der Waals surface area contributed by atoms with E-state index < -0.39 is 5.91 Å². The number of aryl methyl sites for hydroxylation is 1. The molecule has 0 saturated heterocycles. The van der Waals surface area contributed by atoms with Crippen molar-refractivity contribution in [3.63, 3.8) is 0 Å². The number of methoxy groups -OCH3 is 1. The highest BCUT2D eigenvalue weighted by molar-refractivity contribution is 6.32. The van der Waals surface area contributed by atoms with Crippen LogP contribution >= 0.6 is 11.6 Å². The van der Waals surface area contributed by atoms with Crippen molar-refractivity contribution in [3.8, 4) is 11.5 Å². The lowest BCUT2D eigenvalue weighted by atomic mass is 10.1. The van der Waals surface area contributed by atoms with Crippen molar-refractivity contribution in [2.24, 2.45) is 5.73 Å². The second-order valence-electron chi connectivity index (χ2n) is 5.42. The van der Waals surface area contributed by atoms with Gasteiger partial charge in [-0.25, -0.2) is 0 Å². The Bertz CT molecular complexity index is 787. The quantitative estimate of drug-likeness (QED) is 0.811. The van der Waals surface area contributed by atoms with E-state index in [0.29, 0.717) is 17.9 Å². The van der Waals surface area contributed by atoms with Gasteiger partial charge in [0.1, 0.15) is 11.5 Å². The number of carbonyl (C=O) groups excluding carboxylic acids is 2. The van der Waals surface area contributed by atoms with Crippen molar-refractivity contribution < 1.29 is 23.5 Å². The van der Waals surface area contributed by atoms with Crippen LogP contribution in [0.3, 0.4) is 0 Å². The van der Waals surface area contributed by atoms with E-state index in [-0.39, 0.29) is 29.0 Å². The molecule has 1 aromatic carbocycles. The summed E-state index contributed by atoms with van der Waals surface area (Å²) in [6, 6.07) is 6.59. The minimum Gasteiger partial charge on any atom is -0.493 e. The van der Waals surface area contributed by atoms with Gasteiger partial charge in [0, 0.05) is 12.6 Å².